The van der Waals surface area contributed by atoms with Gasteiger partial charge in [0.25, 0.3) is 0 Å². The summed E-state index contributed by atoms with van der Waals surface area (Å²) in [6, 6.07) is 0. The molecular weight excluding hydrogens is 392 g/mol. The summed E-state index contributed by atoms with van der Waals surface area (Å²) >= 11 is 0. The molecule has 1 fully saturated rings. The number of ether oxygens (including phenoxy) is 2. The Morgan fingerprint density at radius 1 is 0.710 bits per heavy atom. The third-order valence-electron chi connectivity index (χ3n) is 6.19. The first-order chi connectivity index (χ1) is 15.2. The SMILES string of the molecule is CCCCCCCCCC/C=C/CCCCCCCCOC[C@H]1OC[C@H](O)[C@@H](O)[C@@H]1O. The van der Waals surface area contributed by atoms with Crippen LogP contribution in [0.5, 0.6) is 0 Å². The van der Waals surface area contributed by atoms with Crippen LogP contribution in [0.3, 0.4) is 0 Å². The van der Waals surface area contributed by atoms with Crippen molar-refractivity contribution in [3.8, 4) is 0 Å². The highest BCUT2D eigenvalue weighted by Crippen LogP contribution is 2.16. The Balaban J connectivity index is 1.77. The minimum atomic E-state index is -1.15. The molecule has 184 valence electrons. The second kappa shape index (κ2) is 20.2. The van der Waals surface area contributed by atoms with Gasteiger partial charge in [0.05, 0.1) is 13.2 Å². The van der Waals surface area contributed by atoms with Crippen LogP contribution in [-0.4, -0.2) is 59.6 Å². The van der Waals surface area contributed by atoms with Crippen LogP contribution < -0.4 is 0 Å². The fraction of sp³-hybridized carbons (Fsp3) is 0.923. The van der Waals surface area contributed by atoms with Gasteiger partial charge in [-0.15, -0.1) is 0 Å². The Hall–Kier alpha value is -0.460. The lowest BCUT2D eigenvalue weighted by Gasteiger charge is -2.35. The van der Waals surface area contributed by atoms with Gasteiger partial charge in [-0.3, -0.25) is 0 Å². The first kappa shape index (κ1) is 28.6. The summed E-state index contributed by atoms with van der Waals surface area (Å²) in [7, 11) is 0. The van der Waals surface area contributed by atoms with Crippen LogP contribution in [0.1, 0.15) is 110 Å². The second-order valence-corrected chi connectivity index (χ2v) is 9.14. The average Bonchev–Trinajstić information content (AvgIpc) is 2.77. The van der Waals surface area contributed by atoms with Crippen molar-refractivity contribution in [2.45, 2.75) is 134 Å². The lowest BCUT2D eigenvalue weighted by molar-refractivity contribution is -0.199. The summed E-state index contributed by atoms with van der Waals surface area (Å²) in [6.07, 6.45) is 21.8. The predicted octanol–water partition coefficient (Wildman–Crippen LogP) is 5.30. The maximum Gasteiger partial charge on any atom is 0.111 e. The molecule has 1 saturated heterocycles. The van der Waals surface area contributed by atoms with E-state index >= 15 is 0 Å². The summed E-state index contributed by atoms with van der Waals surface area (Å²) in [5, 5.41) is 28.9. The second-order valence-electron chi connectivity index (χ2n) is 9.14. The molecule has 5 nitrogen and oxygen atoms in total. The molecule has 1 aliphatic rings. The van der Waals surface area contributed by atoms with Crippen LogP contribution in [0, 0.1) is 0 Å². The van der Waals surface area contributed by atoms with Crippen molar-refractivity contribution in [3.63, 3.8) is 0 Å². The van der Waals surface area contributed by atoms with E-state index in [2.05, 4.69) is 19.1 Å². The molecule has 1 aliphatic heterocycles. The maximum atomic E-state index is 9.85. The molecule has 4 atom stereocenters. The van der Waals surface area contributed by atoms with E-state index in [0.717, 1.165) is 12.8 Å². The Morgan fingerprint density at radius 3 is 1.81 bits per heavy atom. The first-order valence-corrected chi connectivity index (χ1v) is 13.0. The summed E-state index contributed by atoms with van der Waals surface area (Å²) in [5.74, 6) is 0. The zero-order chi connectivity index (χ0) is 22.6. The van der Waals surface area contributed by atoms with Crippen LogP contribution in [-0.2, 0) is 9.47 Å². The van der Waals surface area contributed by atoms with Crippen molar-refractivity contribution in [1.29, 1.82) is 0 Å². The summed E-state index contributed by atoms with van der Waals surface area (Å²) in [6.45, 7) is 3.22. The van der Waals surface area contributed by atoms with Gasteiger partial charge < -0.3 is 24.8 Å². The molecule has 5 heteroatoms. The topological polar surface area (TPSA) is 79.2 Å². The van der Waals surface area contributed by atoms with Crippen molar-refractivity contribution in [3.05, 3.63) is 12.2 Å². The standard InChI is InChI=1S/C26H50O5/c1-2-3-4-5-6-7-8-9-10-11-12-13-14-15-16-17-18-19-20-30-22-24-26(29)25(28)23(27)21-31-24/h11-12,23-29H,2-10,13-22H2,1H3/b12-11+/t23-,24+,25+,26+/m0/s1. The quantitative estimate of drug-likeness (QED) is 0.176. The molecule has 0 bridgehead atoms. The lowest BCUT2D eigenvalue weighted by Crippen LogP contribution is -2.54. The average molecular weight is 443 g/mol. The minimum absolute atomic E-state index is 0.0423. The molecule has 0 amide bonds. The van der Waals surface area contributed by atoms with E-state index in [9.17, 15) is 15.3 Å². The maximum absolute atomic E-state index is 9.85. The number of rotatable bonds is 20. The third-order valence-corrected chi connectivity index (χ3v) is 6.19. The van der Waals surface area contributed by atoms with E-state index in [4.69, 9.17) is 9.47 Å². The first-order valence-electron chi connectivity index (χ1n) is 13.0. The molecular formula is C26H50O5. The molecule has 31 heavy (non-hydrogen) atoms. The molecule has 0 saturated carbocycles. The zero-order valence-corrected chi connectivity index (χ0v) is 20.1. The summed E-state index contributed by atoms with van der Waals surface area (Å²) in [4.78, 5) is 0. The molecule has 0 aromatic carbocycles. The molecule has 0 aromatic rings. The fourth-order valence-corrected chi connectivity index (χ4v) is 4.02. The van der Waals surface area contributed by atoms with Gasteiger partial charge in [-0.1, -0.05) is 89.7 Å². The zero-order valence-electron chi connectivity index (χ0n) is 20.1. The Kier molecular flexibility index (Phi) is 18.6. The molecule has 0 aliphatic carbocycles. The highest BCUT2D eigenvalue weighted by atomic mass is 16.6. The number of aliphatic hydroxyl groups excluding tert-OH is 3. The molecule has 1 rings (SSSR count). The van der Waals surface area contributed by atoms with Crippen LogP contribution in [0.4, 0.5) is 0 Å². The Labute approximate surface area is 191 Å². The van der Waals surface area contributed by atoms with Gasteiger partial charge in [0.2, 0.25) is 0 Å². The van der Waals surface area contributed by atoms with E-state index in [0.29, 0.717) is 6.61 Å². The van der Waals surface area contributed by atoms with Gasteiger partial charge in [0, 0.05) is 6.61 Å². The molecule has 1 heterocycles. The van der Waals surface area contributed by atoms with E-state index in [1.165, 1.54) is 89.9 Å². The van der Waals surface area contributed by atoms with Crippen LogP contribution >= 0.6 is 0 Å². The smallest absolute Gasteiger partial charge is 0.111 e. The van der Waals surface area contributed by atoms with E-state index in [1.54, 1.807) is 0 Å². The lowest BCUT2D eigenvalue weighted by atomic mass is 10.0. The molecule has 0 unspecified atom stereocenters. The van der Waals surface area contributed by atoms with Crippen molar-refractivity contribution in [1.82, 2.24) is 0 Å². The van der Waals surface area contributed by atoms with Crippen LogP contribution in [0.15, 0.2) is 12.2 Å². The summed E-state index contributed by atoms with van der Waals surface area (Å²) < 4.78 is 10.9. The van der Waals surface area contributed by atoms with Crippen molar-refractivity contribution in [2.75, 3.05) is 19.8 Å². The van der Waals surface area contributed by atoms with Gasteiger partial charge in [0.1, 0.15) is 24.4 Å². The normalized spacial score (nSPS) is 24.3. The van der Waals surface area contributed by atoms with Gasteiger partial charge in [-0.25, -0.2) is 0 Å². The molecule has 0 radical (unpaired) electrons. The number of hydrogen-bond acceptors (Lipinski definition) is 5. The minimum Gasteiger partial charge on any atom is -0.388 e. The van der Waals surface area contributed by atoms with Crippen molar-refractivity contribution < 1.29 is 24.8 Å². The number of aliphatic hydroxyl groups is 3. The van der Waals surface area contributed by atoms with Crippen molar-refractivity contribution >= 4 is 0 Å². The van der Waals surface area contributed by atoms with E-state index < -0.39 is 24.4 Å². The summed E-state index contributed by atoms with van der Waals surface area (Å²) in [5.41, 5.74) is 0. The third kappa shape index (κ3) is 15.1. The molecule has 3 N–H and O–H groups in total. The monoisotopic (exact) mass is 442 g/mol. The number of hydrogen-bond donors (Lipinski definition) is 3. The van der Waals surface area contributed by atoms with Gasteiger partial charge in [-0.2, -0.15) is 0 Å². The highest BCUT2D eigenvalue weighted by Gasteiger charge is 2.37. The molecule has 0 aromatic heterocycles. The number of unbranched alkanes of at least 4 members (excludes halogenated alkanes) is 14. The Morgan fingerprint density at radius 2 is 1.23 bits per heavy atom. The van der Waals surface area contributed by atoms with Crippen LogP contribution in [0.2, 0.25) is 0 Å². The van der Waals surface area contributed by atoms with Crippen LogP contribution in [0.25, 0.3) is 0 Å². The number of allylic oxidation sites excluding steroid dienone is 2. The molecule has 0 spiro atoms. The van der Waals surface area contributed by atoms with Crippen molar-refractivity contribution in [2.24, 2.45) is 0 Å². The fourth-order valence-electron chi connectivity index (χ4n) is 4.02. The largest absolute Gasteiger partial charge is 0.388 e. The van der Waals surface area contributed by atoms with Gasteiger partial charge >= 0.3 is 0 Å². The van der Waals surface area contributed by atoms with E-state index in [1.807, 2.05) is 0 Å². The predicted molar refractivity (Wildman–Crippen MR) is 127 cm³/mol. The van der Waals surface area contributed by atoms with Gasteiger partial charge in [0.15, 0.2) is 0 Å². The Bertz CT molecular complexity index is 415. The van der Waals surface area contributed by atoms with E-state index in [-0.39, 0.29) is 13.2 Å². The highest BCUT2D eigenvalue weighted by molar-refractivity contribution is 4.86. The van der Waals surface area contributed by atoms with Gasteiger partial charge in [-0.05, 0) is 32.1 Å².